The minimum Gasteiger partial charge on any atom is -0.378 e. The summed E-state index contributed by atoms with van der Waals surface area (Å²) in [6.07, 6.45) is 7.81. The molecule has 0 amide bonds. The number of morpholine rings is 1. The third-order valence-corrected chi connectivity index (χ3v) is 4.66. The van der Waals surface area contributed by atoms with E-state index >= 15 is 0 Å². The van der Waals surface area contributed by atoms with Crippen LogP contribution in [0.15, 0.2) is 41.7 Å². The van der Waals surface area contributed by atoms with Crippen molar-refractivity contribution in [2.75, 3.05) is 37.5 Å². The van der Waals surface area contributed by atoms with E-state index in [1.807, 2.05) is 47.6 Å². The van der Waals surface area contributed by atoms with Crippen LogP contribution in [0.25, 0.3) is 23.3 Å². The van der Waals surface area contributed by atoms with Crippen LogP contribution >= 0.6 is 11.8 Å². The molecule has 3 heterocycles. The minimum atomic E-state index is 0.724. The summed E-state index contributed by atoms with van der Waals surface area (Å²) in [5.74, 6) is 0.942. The van der Waals surface area contributed by atoms with Gasteiger partial charge in [-0.3, -0.25) is 0 Å². The molecule has 25 heavy (non-hydrogen) atoms. The topological polar surface area (TPSA) is 56.1 Å². The molecule has 1 aliphatic rings. The van der Waals surface area contributed by atoms with Crippen molar-refractivity contribution in [3.05, 3.63) is 42.1 Å². The number of aromatic nitrogens is 4. The summed E-state index contributed by atoms with van der Waals surface area (Å²) in [6, 6.07) is 10.2. The number of ether oxygens (including phenoxy) is 1. The Morgan fingerprint density at radius 3 is 2.68 bits per heavy atom. The van der Waals surface area contributed by atoms with Gasteiger partial charge in [-0.2, -0.15) is 5.10 Å². The highest BCUT2D eigenvalue weighted by atomic mass is 32.2. The van der Waals surface area contributed by atoms with E-state index in [9.17, 15) is 0 Å². The van der Waals surface area contributed by atoms with Crippen LogP contribution in [0.5, 0.6) is 0 Å². The van der Waals surface area contributed by atoms with E-state index in [-0.39, 0.29) is 0 Å². The molecule has 0 bridgehead atoms. The number of hydrogen-bond acceptors (Lipinski definition) is 6. The predicted molar refractivity (Wildman–Crippen MR) is 102 cm³/mol. The molecule has 0 saturated carbocycles. The first kappa shape index (κ1) is 16.1. The summed E-state index contributed by atoms with van der Waals surface area (Å²) in [5, 5.41) is 6.22. The first-order valence-corrected chi connectivity index (χ1v) is 9.43. The molecule has 0 unspecified atom stereocenters. The molecule has 0 spiro atoms. The van der Waals surface area contributed by atoms with E-state index < -0.39 is 0 Å². The number of thioether (sulfide) groups is 1. The lowest BCUT2D eigenvalue weighted by molar-refractivity contribution is 0.122. The highest BCUT2D eigenvalue weighted by Crippen LogP contribution is 2.27. The van der Waals surface area contributed by atoms with Gasteiger partial charge < -0.3 is 9.64 Å². The SMILES string of the molecule is CSc1nc(N2CCOCC2)c2cnn(/C=C\c3ccccc3)c2n1. The monoisotopic (exact) mass is 353 g/mol. The van der Waals surface area contributed by atoms with Crippen LogP contribution in [0.1, 0.15) is 5.56 Å². The van der Waals surface area contributed by atoms with Crippen molar-refractivity contribution in [2.24, 2.45) is 0 Å². The lowest BCUT2D eigenvalue weighted by Gasteiger charge is -2.28. The Morgan fingerprint density at radius 1 is 1.12 bits per heavy atom. The summed E-state index contributed by atoms with van der Waals surface area (Å²) in [6.45, 7) is 3.13. The van der Waals surface area contributed by atoms with Gasteiger partial charge in [0.25, 0.3) is 0 Å². The largest absolute Gasteiger partial charge is 0.378 e. The van der Waals surface area contributed by atoms with E-state index in [1.54, 1.807) is 11.8 Å². The average Bonchev–Trinajstić information content (AvgIpc) is 3.10. The standard InChI is InChI=1S/C18H19N5OS/c1-25-18-20-16(22-9-11-24-12-10-22)15-13-19-23(17(15)21-18)8-7-14-5-3-2-4-6-14/h2-8,13H,9-12H2,1H3/b8-7-. The molecule has 0 aliphatic carbocycles. The number of hydrogen-bond donors (Lipinski definition) is 0. The Hall–Kier alpha value is -2.38. The highest BCUT2D eigenvalue weighted by molar-refractivity contribution is 7.98. The number of benzene rings is 1. The van der Waals surface area contributed by atoms with Crippen molar-refractivity contribution in [3.63, 3.8) is 0 Å². The van der Waals surface area contributed by atoms with Crippen molar-refractivity contribution in [1.82, 2.24) is 19.7 Å². The fourth-order valence-electron chi connectivity index (χ4n) is 2.83. The van der Waals surface area contributed by atoms with Crippen molar-refractivity contribution >= 4 is 40.9 Å². The maximum absolute atomic E-state index is 5.46. The first-order chi connectivity index (χ1) is 12.3. The summed E-state index contributed by atoms with van der Waals surface area (Å²) in [7, 11) is 0. The van der Waals surface area contributed by atoms with E-state index in [0.717, 1.165) is 53.9 Å². The lowest BCUT2D eigenvalue weighted by atomic mass is 10.2. The van der Waals surface area contributed by atoms with Crippen molar-refractivity contribution < 1.29 is 4.74 Å². The lowest BCUT2D eigenvalue weighted by Crippen LogP contribution is -2.37. The van der Waals surface area contributed by atoms with Crippen LogP contribution < -0.4 is 4.90 Å². The van der Waals surface area contributed by atoms with Gasteiger partial charge in [-0.25, -0.2) is 14.6 Å². The van der Waals surface area contributed by atoms with Gasteiger partial charge in [0.15, 0.2) is 10.8 Å². The maximum Gasteiger partial charge on any atom is 0.191 e. The minimum absolute atomic E-state index is 0.724. The third kappa shape index (κ3) is 3.38. The molecule has 0 radical (unpaired) electrons. The number of nitrogens with zero attached hydrogens (tertiary/aromatic N) is 5. The van der Waals surface area contributed by atoms with E-state index in [4.69, 9.17) is 9.72 Å². The van der Waals surface area contributed by atoms with Crippen molar-refractivity contribution in [1.29, 1.82) is 0 Å². The molecule has 6 nitrogen and oxygen atoms in total. The van der Waals surface area contributed by atoms with Crippen LogP contribution in [0.3, 0.4) is 0 Å². The maximum atomic E-state index is 5.46. The molecule has 0 N–H and O–H groups in total. The second-order valence-corrected chi connectivity index (χ2v) is 6.46. The summed E-state index contributed by atoms with van der Waals surface area (Å²) < 4.78 is 7.27. The van der Waals surface area contributed by atoms with Crippen LogP contribution in [0.4, 0.5) is 5.82 Å². The van der Waals surface area contributed by atoms with Gasteiger partial charge in [-0.15, -0.1) is 0 Å². The summed E-state index contributed by atoms with van der Waals surface area (Å²) >= 11 is 1.54. The molecule has 1 aliphatic heterocycles. The van der Waals surface area contributed by atoms with E-state index in [2.05, 4.69) is 27.1 Å². The van der Waals surface area contributed by atoms with Gasteiger partial charge >= 0.3 is 0 Å². The normalized spacial score (nSPS) is 15.3. The Bertz CT molecular complexity index is 887. The fraction of sp³-hybridized carbons (Fsp3) is 0.278. The molecule has 7 heteroatoms. The zero-order valence-corrected chi connectivity index (χ0v) is 14.8. The van der Waals surface area contributed by atoms with E-state index in [0.29, 0.717) is 0 Å². The molecular formula is C18H19N5OS. The molecule has 3 aromatic rings. The average molecular weight is 353 g/mol. The van der Waals surface area contributed by atoms with Gasteiger partial charge in [-0.05, 0) is 17.9 Å². The Morgan fingerprint density at radius 2 is 1.92 bits per heavy atom. The van der Waals surface area contributed by atoms with Gasteiger partial charge in [0.2, 0.25) is 0 Å². The van der Waals surface area contributed by atoms with Gasteiger partial charge in [0.1, 0.15) is 5.82 Å². The van der Waals surface area contributed by atoms with Crippen LogP contribution in [-0.2, 0) is 4.74 Å². The van der Waals surface area contributed by atoms with Crippen LogP contribution in [0, 0.1) is 0 Å². The number of anilines is 1. The molecule has 1 fully saturated rings. The summed E-state index contributed by atoms with van der Waals surface area (Å²) in [4.78, 5) is 11.6. The molecule has 1 aromatic carbocycles. The fourth-order valence-corrected chi connectivity index (χ4v) is 3.18. The van der Waals surface area contributed by atoms with Crippen LogP contribution in [-0.4, -0.2) is 52.3 Å². The van der Waals surface area contributed by atoms with Crippen molar-refractivity contribution in [2.45, 2.75) is 5.16 Å². The molecule has 1 saturated heterocycles. The summed E-state index contributed by atoms with van der Waals surface area (Å²) in [5.41, 5.74) is 1.95. The smallest absolute Gasteiger partial charge is 0.191 e. The van der Waals surface area contributed by atoms with Gasteiger partial charge in [-0.1, -0.05) is 42.1 Å². The second-order valence-electron chi connectivity index (χ2n) is 5.69. The van der Waals surface area contributed by atoms with E-state index in [1.165, 1.54) is 0 Å². The second kappa shape index (κ2) is 7.25. The van der Waals surface area contributed by atoms with Crippen molar-refractivity contribution in [3.8, 4) is 0 Å². The quantitative estimate of drug-likeness (QED) is 0.531. The molecule has 0 atom stereocenters. The van der Waals surface area contributed by atoms with Gasteiger partial charge in [0.05, 0.1) is 24.8 Å². The molecule has 128 valence electrons. The zero-order chi connectivity index (χ0) is 17.1. The van der Waals surface area contributed by atoms with Gasteiger partial charge in [0, 0.05) is 19.3 Å². The highest BCUT2D eigenvalue weighted by Gasteiger charge is 2.19. The zero-order valence-electron chi connectivity index (χ0n) is 14.0. The Labute approximate surface area is 150 Å². The Kier molecular flexibility index (Phi) is 4.67. The first-order valence-electron chi connectivity index (χ1n) is 8.20. The molecule has 4 rings (SSSR count). The third-order valence-electron chi connectivity index (χ3n) is 4.11. The van der Waals surface area contributed by atoms with Crippen LogP contribution in [0.2, 0.25) is 0 Å². The predicted octanol–water partition coefficient (Wildman–Crippen LogP) is 3.01. The molecule has 2 aromatic heterocycles. The number of fused-ring (bicyclic) bond motifs is 1. The molecular weight excluding hydrogens is 334 g/mol. The Balaban J connectivity index is 1.75. The number of rotatable bonds is 4.